The summed E-state index contributed by atoms with van der Waals surface area (Å²) in [7, 11) is -3.79. The number of carbonyl (C=O) groups is 2. The Kier molecular flexibility index (Phi) is 7.74. The third-order valence-corrected chi connectivity index (χ3v) is 8.16. The van der Waals surface area contributed by atoms with Gasteiger partial charge < -0.3 is 14.5 Å². The Morgan fingerprint density at radius 3 is 2.51 bits per heavy atom. The number of hydrogen-bond acceptors (Lipinski definition) is 9. The van der Waals surface area contributed by atoms with Gasteiger partial charge in [0.2, 0.25) is 15.9 Å². The van der Waals surface area contributed by atoms with Gasteiger partial charge in [0.05, 0.1) is 24.3 Å². The van der Waals surface area contributed by atoms with Crippen LogP contribution in [0.5, 0.6) is 0 Å². The Hall–Kier alpha value is -2.94. The van der Waals surface area contributed by atoms with Crippen LogP contribution in [0.15, 0.2) is 40.5 Å². The number of hydrogen-bond donors (Lipinski definition) is 1. The van der Waals surface area contributed by atoms with Crippen molar-refractivity contribution in [1.29, 1.82) is 0 Å². The van der Waals surface area contributed by atoms with Gasteiger partial charge in [-0.3, -0.25) is 14.9 Å². The van der Waals surface area contributed by atoms with Crippen molar-refractivity contribution in [3.05, 3.63) is 41.2 Å². The highest BCUT2D eigenvalue weighted by molar-refractivity contribution is 7.89. The highest BCUT2D eigenvalue weighted by Gasteiger charge is 2.29. The molecule has 4 rings (SSSR count). The largest absolute Gasteiger partial charge is 0.389 e. The van der Waals surface area contributed by atoms with Crippen LogP contribution in [0.2, 0.25) is 0 Å². The second-order valence-electron chi connectivity index (χ2n) is 7.89. The summed E-state index contributed by atoms with van der Waals surface area (Å²) in [6.07, 6.45) is 1.28. The maximum absolute atomic E-state index is 13.3. The highest BCUT2D eigenvalue weighted by atomic mass is 32.2. The van der Waals surface area contributed by atoms with Gasteiger partial charge in [0.1, 0.15) is 0 Å². The van der Waals surface area contributed by atoms with E-state index in [4.69, 9.17) is 9.57 Å². The fourth-order valence-electron chi connectivity index (χ4n) is 3.59. The van der Waals surface area contributed by atoms with Gasteiger partial charge in [-0.1, -0.05) is 28.6 Å². The van der Waals surface area contributed by atoms with Crippen LogP contribution in [-0.4, -0.2) is 85.6 Å². The van der Waals surface area contributed by atoms with E-state index in [-0.39, 0.29) is 40.8 Å². The Labute approximate surface area is 205 Å². The molecule has 2 aliphatic rings. The Morgan fingerprint density at radius 2 is 1.94 bits per heavy atom. The first kappa shape index (κ1) is 25.2. The SMILES string of the molecule is CC(=O)N1CCN(S(=O)(=O)c2ccc(/C(=N\O[C@@H]3CCOC3)C(=O)Nc3ncc(F)s3)cc2)CC1. The lowest BCUT2D eigenvalue weighted by Gasteiger charge is -2.33. The van der Waals surface area contributed by atoms with E-state index in [0.717, 1.165) is 6.20 Å². The summed E-state index contributed by atoms with van der Waals surface area (Å²) < 4.78 is 46.0. The van der Waals surface area contributed by atoms with Crippen LogP contribution < -0.4 is 5.32 Å². The maximum atomic E-state index is 13.3. The summed E-state index contributed by atoms with van der Waals surface area (Å²) in [5, 5.41) is 5.96. The zero-order valence-electron chi connectivity index (χ0n) is 18.8. The number of anilines is 1. The molecular weight excluding hydrogens is 501 g/mol. The van der Waals surface area contributed by atoms with E-state index in [9.17, 15) is 22.4 Å². The van der Waals surface area contributed by atoms with E-state index < -0.39 is 21.1 Å². The molecule has 11 nitrogen and oxygen atoms in total. The maximum Gasteiger partial charge on any atom is 0.280 e. The summed E-state index contributed by atoms with van der Waals surface area (Å²) in [5.74, 6) is -0.780. The van der Waals surface area contributed by atoms with Gasteiger partial charge >= 0.3 is 0 Å². The third-order valence-electron chi connectivity index (χ3n) is 5.54. The standard InChI is InChI=1S/C21H24FN5O6S2/c1-14(28)26-7-9-27(10-8-26)35(30,31)17-4-2-15(3-5-17)19(25-33-16-6-11-32-13-16)20(29)24-21-23-12-18(22)34-21/h2-5,12,16H,6-11,13H2,1H3,(H,23,24,29)/b25-19+/t16-/m1/s1. The van der Waals surface area contributed by atoms with E-state index >= 15 is 0 Å². The van der Waals surface area contributed by atoms with E-state index in [1.807, 2.05) is 0 Å². The normalized spacial score (nSPS) is 19.5. The number of carbonyl (C=O) groups excluding carboxylic acids is 2. The average Bonchev–Trinajstić information content (AvgIpc) is 3.51. The van der Waals surface area contributed by atoms with Crippen molar-refractivity contribution in [2.75, 3.05) is 44.7 Å². The van der Waals surface area contributed by atoms with Crippen molar-refractivity contribution in [1.82, 2.24) is 14.2 Å². The van der Waals surface area contributed by atoms with Gasteiger partial charge in [0, 0.05) is 45.1 Å². The second-order valence-corrected chi connectivity index (χ2v) is 10.8. The van der Waals surface area contributed by atoms with Crippen molar-refractivity contribution in [3.63, 3.8) is 0 Å². The molecule has 1 aromatic carbocycles. The summed E-state index contributed by atoms with van der Waals surface area (Å²) in [6.45, 7) is 3.34. The van der Waals surface area contributed by atoms with Crippen molar-refractivity contribution < 1.29 is 32.0 Å². The zero-order chi connectivity index (χ0) is 25.0. The lowest BCUT2D eigenvalue weighted by molar-refractivity contribution is -0.130. The molecule has 0 aliphatic carbocycles. The van der Waals surface area contributed by atoms with Gasteiger partial charge in [-0.25, -0.2) is 13.4 Å². The number of rotatable bonds is 7. The molecule has 1 aromatic heterocycles. The first-order chi connectivity index (χ1) is 16.7. The first-order valence-electron chi connectivity index (χ1n) is 10.8. The number of sulfonamides is 1. The number of oxime groups is 1. The first-order valence-corrected chi connectivity index (χ1v) is 13.1. The summed E-state index contributed by atoms with van der Waals surface area (Å²) >= 11 is 0.661. The Balaban J connectivity index is 1.53. The number of halogens is 1. The number of aromatic nitrogens is 1. The van der Waals surface area contributed by atoms with Crippen molar-refractivity contribution in [2.24, 2.45) is 5.16 Å². The smallest absolute Gasteiger partial charge is 0.280 e. The van der Waals surface area contributed by atoms with Crippen LogP contribution in [0, 0.1) is 5.13 Å². The van der Waals surface area contributed by atoms with E-state index in [2.05, 4.69) is 15.5 Å². The average molecular weight is 526 g/mol. The minimum atomic E-state index is -3.79. The summed E-state index contributed by atoms with van der Waals surface area (Å²) in [6, 6.07) is 5.67. The summed E-state index contributed by atoms with van der Waals surface area (Å²) in [5.41, 5.74) is 0.185. The number of benzene rings is 1. The second kappa shape index (κ2) is 10.8. The molecule has 0 unspecified atom stereocenters. The molecule has 2 amide bonds. The molecule has 2 aliphatic heterocycles. The number of ether oxygens (including phenoxy) is 1. The lowest BCUT2D eigenvalue weighted by Crippen LogP contribution is -2.49. The molecule has 188 valence electrons. The van der Waals surface area contributed by atoms with Crippen molar-refractivity contribution in [3.8, 4) is 0 Å². The van der Waals surface area contributed by atoms with Crippen LogP contribution in [0.1, 0.15) is 18.9 Å². The molecule has 35 heavy (non-hydrogen) atoms. The van der Waals surface area contributed by atoms with Crippen LogP contribution in [0.4, 0.5) is 9.52 Å². The number of thiazole rings is 1. The lowest BCUT2D eigenvalue weighted by atomic mass is 10.1. The molecule has 0 saturated carbocycles. The van der Waals surface area contributed by atoms with Crippen molar-refractivity contribution in [2.45, 2.75) is 24.3 Å². The molecule has 0 spiro atoms. The molecule has 14 heteroatoms. The van der Waals surface area contributed by atoms with Crippen LogP contribution >= 0.6 is 11.3 Å². The molecule has 3 heterocycles. The van der Waals surface area contributed by atoms with E-state index in [1.54, 1.807) is 4.90 Å². The zero-order valence-corrected chi connectivity index (χ0v) is 20.5. The minimum absolute atomic E-state index is 0.0457. The fraction of sp³-hybridized carbons (Fsp3) is 0.429. The predicted molar refractivity (Wildman–Crippen MR) is 125 cm³/mol. The van der Waals surface area contributed by atoms with Crippen LogP contribution in [-0.2, 0) is 29.2 Å². The molecule has 0 bridgehead atoms. The third kappa shape index (κ3) is 6.01. The monoisotopic (exact) mass is 525 g/mol. The van der Waals surface area contributed by atoms with Gasteiger partial charge in [-0.2, -0.15) is 8.70 Å². The number of nitrogens with zero attached hydrogens (tertiary/aromatic N) is 4. The van der Waals surface area contributed by atoms with Crippen LogP contribution in [0.25, 0.3) is 0 Å². The minimum Gasteiger partial charge on any atom is -0.389 e. The Bertz CT molecular complexity index is 1200. The van der Waals surface area contributed by atoms with Gasteiger partial charge in [-0.15, -0.1) is 0 Å². The predicted octanol–water partition coefficient (Wildman–Crippen LogP) is 1.28. The van der Waals surface area contributed by atoms with Gasteiger partial charge in [0.25, 0.3) is 5.91 Å². The van der Waals surface area contributed by atoms with Crippen molar-refractivity contribution >= 4 is 44.0 Å². The molecule has 0 radical (unpaired) electrons. The number of nitrogens with one attached hydrogen (secondary N) is 1. The molecule has 2 fully saturated rings. The molecule has 1 atom stereocenters. The fourth-order valence-corrected chi connectivity index (χ4v) is 5.56. The molecule has 1 N–H and O–H groups in total. The topological polar surface area (TPSA) is 130 Å². The molecule has 2 aromatic rings. The highest BCUT2D eigenvalue weighted by Crippen LogP contribution is 2.21. The van der Waals surface area contributed by atoms with Gasteiger partial charge in [-0.05, 0) is 12.1 Å². The van der Waals surface area contributed by atoms with Crippen LogP contribution in [0.3, 0.4) is 0 Å². The van der Waals surface area contributed by atoms with E-state index in [1.165, 1.54) is 35.5 Å². The van der Waals surface area contributed by atoms with Gasteiger partial charge in [0.15, 0.2) is 22.1 Å². The Morgan fingerprint density at radius 1 is 1.23 bits per heavy atom. The number of amides is 2. The summed E-state index contributed by atoms with van der Waals surface area (Å²) in [4.78, 5) is 35.3. The number of piperazine rings is 1. The molecular formula is C21H24FN5O6S2. The van der Waals surface area contributed by atoms with E-state index in [0.29, 0.717) is 49.6 Å². The quantitative estimate of drug-likeness (QED) is 0.426. The molecule has 2 saturated heterocycles.